The van der Waals surface area contributed by atoms with E-state index in [1.165, 1.54) is 6.20 Å². The maximum absolute atomic E-state index is 12.4. The van der Waals surface area contributed by atoms with Crippen LogP contribution in [0.15, 0.2) is 60.8 Å². The van der Waals surface area contributed by atoms with E-state index in [0.717, 1.165) is 27.9 Å². The Morgan fingerprint density at radius 3 is 2.48 bits per heavy atom. The van der Waals surface area contributed by atoms with Crippen LogP contribution in [0.1, 0.15) is 43.0 Å². The van der Waals surface area contributed by atoms with E-state index in [1.807, 2.05) is 48.2 Å². The molecule has 7 heteroatoms. The van der Waals surface area contributed by atoms with Crippen LogP contribution in [0.5, 0.6) is 0 Å². The molecule has 1 amide bonds. The summed E-state index contributed by atoms with van der Waals surface area (Å²) in [5.41, 5.74) is 5.03. The number of carboxylic acid groups (broad SMARTS) is 1. The van der Waals surface area contributed by atoms with Gasteiger partial charge in [-0.3, -0.25) is 9.59 Å². The van der Waals surface area contributed by atoms with Crippen molar-refractivity contribution in [3.05, 3.63) is 77.5 Å². The molecule has 1 aliphatic heterocycles. The summed E-state index contributed by atoms with van der Waals surface area (Å²) in [4.78, 5) is 29.5. The first-order chi connectivity index (χ1) is 15.9. The van der Waals surface area contributed by atoms with Gasteiger partial charge >= 0.3 is 5.97 Å². The highest BCUT2D eigenvalue weighted by atomic mass is 16.4. The molecule has 2 atom stereocenters. The molecule has 0 aliphatic carbocycles. The van der Waals surface area contributed by atoms with Crippen molar-refractivity contribution in [3.8, 4) is 17.2 Å². The Kier molecular flexibility index (Phi) is 6.09. The summed E-state index contributed by atoms with van der Waals surface area (Å²) in [6.07, 6.45) is 2.22. The first-order valence-corrected chi connectivity index (χ1v) is 10.7. The monoisotopic (exact) mass is 440 g/mol. The number of hydrogen-bond donors (Lipinski definition) is 2. The van der Waals surface area contributed by atoms with Crippen LogP contribution >= 0.6 is 0 Å². The molecule has 0 saturated heterocycles. The summed E-state index contributed by atoms with van der Waals surface area (Å²) >= 11 is 0. The molecule has 0 fully saturated rings. The van der Waals surface area contributed by atoms with Gasteiger partial charge in [0.15, 0.2) is 0 Å². The number of hydrogen-bond acceptors (Lipinski definition) is 5. The van der Waals surface area contributed by atoms with Crippen LogP contribution in [-0.4, -0.2) is 28.0 Å². The maximum atomic E-state index is 12.4. The number of nitrogens with zero attached hydrogens (tertiary/aromatic N) is 3. The molecule has 2 heterocycles. The molecule has 0 radical (unpaired) electrons. The third-order valence-corrected chi connectivity index (χ3v) is 5.88. The number of amides is 1. The molecular weight excluding hydrogens is 416 g/mol. The van der Waals surface area contributed by atoms with Crippen LogP contribution in [0.25, 0.3) is 11.1 Å². The number of carboxylic acids is 1. The van der Waals surface area contributed by atoms with Crippen molar-refractivity contribution in [2.45, 2.75) is 38.8 Å². The second kappa shape index (κ2) is 9.13. The summed E-state index contributed by atoms with van der Waals surface area (Å²) < 4.78 is 0. The van der Waals surface area contributed by atoms with Crippen LogP contribution in [0, 0.1) is 11.3 Å². The molecule has 0 spiro atoms. The normalized spacial score (nSPS) is 17.1. The summed E-state index contributed by atoms with van der Waals surface area (Å²) in [6, 6.07) is 19.0. The van der Waals surface area contributed by atoms with Crippen molar-refractivity contribution in [2.24, 2.45) is 0 Å². The average Bonchev–Trinajstić information content (AvgIpc) is 2.79. The number of nitrogens with one attached hydrogen (secondary N) is 1. The predicted octanol–water partition coefficient (Wildman–Crippen LogP) is 4.55. The Bertz CT molecular complexity index is 1230. The molecule has 2 aromatic carbocycles. The Morgan fingerprint density at radius 1 is 1.15 bits per heavy atom. The van der Waals surface area contributed by atoms with E-state index < -0.39 is 5.97 Å². The molecule has 4 rings (SSSR count). The molecule has 0 saturated carbocycles. The highest BCUT2D eigenvalue weighted by molar-refractivity contribution is 5.94. The van der Waals surface area contributed by atoms with Crippen molar-refractivity contribution in [2.75, 3.05) is 10.2 Å². The Morgan fingerprint density at radius 2 is 1.88 bits per heavy atom. The summed E-state index contributed by atoms with van der Waals surface area (Å²) in [7, 11) is 0. The van der Waals surface area contributed by atoms with Gasteiger partial charge in [0.2, 0.25) is 5.91 Å². The number of anilines is 2. The van der Waals surface area contributed by atoms with Crippen molar-refractivity contribution < 1.29 is 14.7 Å². The van der Waals surface area contributed by atoms with Gasteiger partial charge in [-0.05, 0) is 59.9 Å². The Hall–Kier alpha value is -4.18. The van der Waals surface area contributed by atoms with Gasteiger partial charge in [0, 0.05) is 24.8 Å². The molecule has 7 nitrogen and oxygen atoms in total. The standard InChI is InChI=1S/C26H24N4O3/c1-16-11-23(29-25-10-5-19(14-27)15-28-25)22-13-21(8-9-24(22)30(16)17(2)31)20-6-3-18(4-7-20)12-26(32)33/h3-10,13,15-16,23H,11-12H2,1-2H3,(H,28,29)(H,32,33). The summed E-state index contributed by atoms with van der Waals surface area (Å²) in [5.74, 6) is -0.207. The number of benzene rings is 2. The number of carbonyl (C=O) groups is 2. The van der Waals surface area contributed by atoms with Gasteiger partial charge < -0.3 is 15.3 Å². The molecule has 2 unspecified atom stereocenters. The second-order valence-corrected chi connectivity index (χ2v) is 8.26. The maximum Gasteiger partial charge on any atom is 0.307 e. The number of aliphatic carboxylic acids is 1. The van der Waals surface area contributed by atoms with Crippen molar-refractivity contribution in [1.29, 1.82) is 5.26 Å². The third-order valence-electron chi connectivity index (χ3n) is 5.88. The quantitative estimate of drug-likeness (QED) is 0.603. The molecule has 2 N–H and O–H groups in total. The molecular formula is C26H24N4O3. The fourth-order valence-corrected chi connectivity index (χ4v) is 4.37. The predicted molar refractivity (Wildman–Crippen MR) is 126 cm³/mol. The lowest BCUT2D eigenvalue weighted by Crippen LogP contribution is -2.43. The van der Waals surface area contributed by atoms with Crippen LogP contribution in [-0.2, 0) is 16.0 Å². The highest BCUT2D eigenvalue weighted by Crippen LogP contribution is 2.41. The number of fused-ring (bicyclic) bond motifs is 1. The lowest BCUT2D eigenvalue weighted by molar-refractivity contribution is -0.136. The minimum absolute atomic E-state index is 0.00651. The molecule has 33 heavy (non-hydrogen) atoms. The van der Waals surface area contributed by atoms with Crippen LogP contribution in [0.2, 0.25) is 0 Å². The van der Waals surface area contributed by atoms with Crippen molar-refractivity contribution in [1.82, 2.24) is 4.98 Å². The van der Waals surface area contributed by atoms with E-state index in [1.54, 1.807) is 19.1 Å². The van der Waals surface area contributed by atoms with Crippen LogP contribution < -0.4 is 10.2 Å². The van der Waals surface area contributed by atoms with E-state index in [2.05, 4.69) is 22.4 Å². The topological polar surface area (TPSA) is 106 Å². The first-order valence-electron chi connectivity index (χ1n) is 10.7. The van der Waals surface area contributed by atoms with E-state index in [-0.39, 0.29) is 24.4 Å². The summed E-state index contributed by atoms with van der Waals surface area (Å²) in [5, 5.41) is 21.5. The number of carbonyl (C=O) groups excluding carboxylic acids is 1. The smallest absolute Gasteiger partial charge is 0.307 e. The molecule has 1 aliphatic rings. The minimum Gasteiger partial charge on any atom is -0.481 e. The number of nitriles is 1. The van der Waals surface area contributed by atoms with E-state index in [9.17, 15) is 9.59 Å². The summed E-state index contributed by atoms with van der Waals surface area (Å²) in [6.45, 7) is 3.60. The Balaban J connectivity index is 1.71. The van der Waals surface area contributed by atoms with Gasteiger partial charge in [0.25, 0.3) is 0 Å². The van der Waals surface area contributed by atoms with Gasteiger partial charge in [-0.1, -0.05) is 30.3 Å². The number of aromatic nitrogens is 1. The lowest BCUT2D eigenvalue weighted by atomic mass is 9.89. The number of pyridine rings is 1. The lowest BCUT2D eigenvalue weighted by Gasteiger charge is -2.39. The van der Waals surface area contributed by atoms with Crippen LogP contribution in [0.4, 0.5) is 11.5 Å². The fraction of sp³-hybridized carbons (Fsp3) is 0.231. The zero-order valence-electron chi connectivity index (χ0n) is 18.4. The average molecular weight is 441 g/mol. The zero-order chi connectivity index (χ0) is 23.5. The number of rotatable bonds is 5. The van der Waals surface area contributed by atoms with Gasteiger partial charge in [-0.15, -0.1) is 0 Å². The van der Waals surface area contributed by atoms with Gasteiger partial charge in [0.1, 0.15) is 11.9 Å². The van der Waals surface area contributed by atoms with E-state index in [0.29, 0.717) is 17.8 Å². The van der Waals surface area contributed by atoms with Crippen molar-refractivity contribution in [3.63, 3.8) is 0 Å². The SMILES string of the molecule is CC(=O)N1c2ccc(-c3ccc(CC(=O)O)cc3)cc2C(Nc2ccc(C#N)cn2)CC1C. The van der Waals surface area contributed by atoms with Crippen LogP contribution in [0.3, 0.4) is 0 Å². The minimum atomic E-state index is -0.861. The second-order valence-electron chi connectivity index (χ2n) is 8.26. The highest BCUT2D eigenvalue weighted by Gasteiger charge is 2.32. The molecule has 166 valence electrons. The van der Waals surface area contributed by atoms with Gasteiger partial charge in [-0.2, -0.15) is 5.26 Å². The van der Waals surface area contributed by atoms with E-state index >= 15 is 0 Å². The Labute approximate surface area is 192 Å². The molecule has 1 aromatic heterocycles. The zero-order valence-corrected chi connectivity index (χ0v) is 18.4. The van der Waals surface area contributed by atoms with Crippen molar-refractivity contribution >= 4 is 23.4 Å². The van der Waals surface area contributed by atoms with Gasteiger partial charge in [0.05, 0.1) is 18.0 Å². The fourth-order valence-electron chi connectivity index (χ4n) is 4.37. The largest absolute Gasteiger partial charge is 0.481 e. The third kappa shape index (κ3) is 4.70. The first kappa shape index (κ1) is 22.0. The van der Waals surface area contributed by atoms with Gasteiger partial charge in [-0.25, -0.2) is 4.98 Å². The molecule has 0 bridgehead atoms. The van der Waals surface area contributed by atoms with E-state index in [4.69, 9.17) is 10.4 Å². The molecule has 3 aromatic rings.